The number of carbonyl (C=O) groups is 1. The molecule has 2 aromatic rings. The Morgan fingerprint density at radius 2 is 2.33 bits per heavy atom. The van der Waals surface area contributed by atoms with Crippen LogP contribution >= 0.6 is 22.9 Å². The van der Waals surface area contributed by atoms with Gasteiger partial charge < -0.3 is 9.84 Å². The zero-order valence-corrected chi connectivity index (χ0v) is 11.1. The van der Waals surface area contributed by atoms with Gasteiger partial charge in [0.05, 0.1) is 24.2 Å². The van der Waals surface area contributed by atoms with E-state index in [9.17, 15) is 4.79 Å². The molecule has 0 saturated heterocycles. The van der Waals surface area contributed by atoms with Crippen LogP contribution in [0.15, 0.2) is 23.6 Å². The zero-order chi connectivity index (χ0) is 13.1. The van der Waals surface area contributed by atoms with E-state index in [-0.39, 0.29) is 6.42 Å². The number of halogens is 1. The predicted octanol–water partition coefficient (Wildman–Crippen LogP) is 3.10. The van der Waals surface area contributed by atoms with Gasteiger partial charge in [-0.15, -0.1) is 11.3 Å². The smallest absolute Gasteiger partial charge is 0.310 e. The summed E-state index contributed by atoms with van der Waals surface area (Å²) < 4.78 is 5.06. The van der Waals surface area contributed by atoms with Gasteiger partial charge in [0.25, 0.3) is 0 Å². The molecule has 0 aliphatic heterocycles. The van der Waals surface area contributed by atoms with Gasteiger partial charge in [-0.25, -0.2) is 4.98 Å². The Labute approximate surface area is 113 Å². The van der Waals surface area contributed by atoms with Crippen molar-refractivity contribution in [2.24, 2.45) is 0 Å². The summed E-state index contributed by atoms with van der Waals surface area (Å²) in [5.74, 6) is -0.221. The maximum Gasteiger partial charge on any atom is 0.310 e. The van der Waals surface area contributed by atoms with Crippen molar-refractivity contribution in [3.63, 3.8) is 0 Å². The minimum atomic E-state index is -0.892. The minimum absolute atomic E-state index is 0.0710. The van der Waals surface area contributed by atoms with Crippen LogP contribution in [-0.2, 0) is 11.2 Å². The summed E-state index contributed by atoms with van der Waals surface area (Å²) in [7, 11) is 1.57. The number of hydrogen-bond acceptors (Lipinski definition) is 4. The average molecular weight is 284 g/mol. The molecule has 1 N–H and O–H groups in total. The van der Waals surface area contributed by atoms with Crippen LogP contribution < -0.4 is 4.74 Å². The summed E-state index contributed by atoms with van der Waals surface area (Å²) in [5, 5.41) is 11.6. The fourth-order valence-corrected chi connectivity index (χ4v) is 2.53. The van der Waals surface area contributed by atoms with Crippen LogP contribution in [-0.4, -0.2) is 23.2 Å². The molecule has 0 spiro atoms. The van der Waals surface area contributed by atoms with E-state index < -0.39 is 5.97 Å². The summed E-state index contributed by atoms with van der Waals surface area (Å²) in [6.07, 6.45) is -0.0710. The van der Waals surface area contributed by atoms with Crippen LogP contribution in [0.25, 0.3) is 11.3 Å². The number of rotatable bonds is 4. The van der Waals surface area contributed by atoms with Gasteiger partial charge in [0.1, 0.15) is 10.8 Å². The molecule has 6 heteroatoms. The molecule has 18 heavy (non-hydrogen) atoms. The molecular weight excluding hydrogens is 274 g/mol. The molecule has 0 radical (unpaired) electrons. The van der Waals surface area contributed by atoms with Gasteiger partial charge >= 0.3 is 5.97 Å². The molecule has 94 valence electrons. The van der Waals surface area contributed by atoms with E-state index in [0.29, 0.717) is 21.5 Å². The molecule has 0 unspecified atom stereocenters. The van der Waals surface area contributed by atoms with E-state index in [1.807, 2.05) is 0 Å². The molecule has 0 atom stereocenters. The number of hydrogen-bond donors (Lipinski definition) is 1. The number of carboxylic acids is 1. The Morgan fingerprint density at radius 3 is 2.94 bits per heavy atom. The number of aromatic nitrogens is 1. The first-order valence-corrected chi connectivity index (χ1v) is 6.36. The Kier molecular flexibility index (Phi) is 3.84. The lowest BCUT2D eigenvalue weighted by Gasteiger charge is -2.03. The number of aliphatic carboxylic acids is 1. The van der Waals surface area contributed by atoms with Crippen molar-refractivity contribution in [2.45, 2.75) is 6.42 Å². The topological polar surface area (TPSA) is 59.4 Å². The van der Waals surface area contributed by atoms with Crippen molar-refractivity contribution in [2.75, 3.05) is 7.11 Å². The number of thiazole rings is 1. The van der Waals surface area contributed by atoms with E-state index in [1.54, 1.807) is 30.7 Å². The second-order valence-corrected chi connectivity index (χ2v) is 4.89. The molecule has 0 amide bonds. The van der Waals surface area contributed by atoms with Crippen LogP contribution in [0.4, 0.5) is 0 Å². The monoisotopic (exact) mass is 283 g/mol. The third-order valence-electron chi connectivity index (χ3n) is 2.31. The molecule has 0 aliphatic carbocycles. The molecule has 0 bridgehead atoms. The van der Waals surface area contributed by atoms with Gasteiger partial charge in [-0.3, -0.25) is 4.79 Å². The number of ether oxygens (including phenoxy) is 1. The quantitative estimate of drug-likeness (QED) is 0.937. The Bertz CT molecular complexity index is 582. The van der Waals surface area contributed by atoms with Crippen molar-refractivity contribution in [1.82, 2.24) is 4.98 Å². The fourth-order valence-electron chi connectivity index (χ4n) is 1.48. The second kappa shape index (κ2) is 5.37. The van der Waals surface area contributed by atoms with Crippen molar-refractivity contribution >= 4 is 28.9 Å². The second-order valence-electron chi connectivity index (χ2n) is 3.54. The Balaban J connectivity index is 2.31. The van der Waals surface area contributed by atoms with Crippen molar-refractivity contribution in [1.29, 1.82) is 0 Å². The van der Waals surface area contributed by atoms with Crippen LogP contribution in [0.1, 0.15) is 5.01 Å². The van der Waals surface area contributed by atoms with E-state index in [2.05, 4.69) is 4.98 Å². The fraction of sp³-hybridized carbons (Fsp3) is 0.167. The lowest BCUT2D eigenvalue weighted by Crippen LogP contribution is -1.99. The summed E-state index contributed by atoms with van der Waals surface area (Å²) >= 11 is 7.44. The van der Waals surface area contributed by atoms with Gasteiger partial charge in [-0.2, -0.15) is 0 Å². The van der Waals surface area contributed by atoms with E-state index >= 15 is 0 Å². The molecule has 2 rings (SSSR count). The number of carboxylic acid groups (broad SMARTS) is 1. The SMILES string of the molecule is COc1ccc(-c2csc(CC(=O)O)n2)c(Cl)c1. The molecule has 1 heterocycles. The zero-order valence-electron chi connectivity index (χ0n) is 9.51. The number of nitrogens with zero attached hydrogens (tertiary/aromatic N) is 1. The molecule has 0 aliphatic rings. The van der Waals surface area contributed by atoms with Crippen molar-refractivity contribution in [3.05, 3.63) is 33.6 Å². The molecular formula is C12H10ClNO3S. The van der Waals surface area contributed by atoms with Crippen molar-refractivity contribution < 1.29 is 14.6 Å². The van der Waals surface area contributed by atoms with Crippen LogP contribution in [0.3, 0.4) is 0 Å². The predicted molar refractivity (Wildman–Crippen MR) is 70.5 cm³/mol. The number of benzene rings is 1. The van der Waals surface area contributed by atoms with Gasteiger partial charge in [0, 0.05) is 10.9 Å². The molecule has 0 saturated carbocycles. The molecule has 1 aromatic heterocycles. The Morgan fingerprint density at radius 1 is 1.56 bits per heavy atom. The molecule has 0 fully saturated rings. The highest BCUT2D eigenvalue weighted by molar-refractivity contribution is 7.10. The van der Waals surface area contributed by atoms with Crippen molar-refractivity contribution in [3.8, 4) is 17.0 Å². The largest absolute Gasteiger partial charge is 0.497 e. The third-order valence-corrected chi connectivity index (χ3v) is 3.47. The lowest BCUT2D eigenvalue weighted by molar-refractivity contribution is -0.136. The molecule has 1 aromatic carbocycles. The van der Waals surface area contributed by atoms with Crippen LogP contribution in [0, 0.1) is 0 Å². The first-order chi connectivity index (χ1) is 8.60. The van der Waals surface area contributed by atoms with Gasteiger partial charge in [0.2, 0.25) is 0 Å². The summed E-state index contributed by atoms with van der Waals surface area (Å²) in [4.78, 5) is 14.8. The molecule has 4 nitrogen and oxygen atoms in total. The van der Waals surface area contributed by atoms with Crippen LogP contribution in [0.2, 0.25) is 5.02 Å². The summed E-state index contributed by atoms with van der Waals surface area (Å²) in [6, 6.07) is 5.30. The van der Waals surface area contributed by atoms with Gasteiger partial charge in [-0.1, -0.05) is 11.6 Å². The van der Waals surface area contributed by atoms with E-state index in [4.69, 9.17) is 21.4 Å². The van der Waals surface area contributed by atoms with Gasteiger partial charge in [-0.05, 0) is 18.2 Å². The third kappa shape index (κ3) is 2.80. The normalized spacial score (nSPS) is 10.3. The van der Waals surface area contributed by atoms with Gasteiger partial charge in [0.15, 0.2) is 0 Å². The minimum Gasteiger partial charge on any atom is -0.497 e. The first kappa shape index (κ1) is 12.9. The summed E-state index contributed by atoms with van der Waals surface area (Å²) in [5.41, 5.74) is 1.45. The highest BCUT2D eigenvalue weighted by atomic mass is 35.5. The number of methoxy groups -OCH3 is 1. The maximum atomic E-state index is 10.6. The highest BCUT2D eigenvalue weighted by Gasteiger charge is 2.11. The van der Waals surface area contributed by atoms with Crippen LogP contribution in [0.5, 0.6) is 5.75 Å². The van der Waals surface area contributed by atoms with E-state index in [0.717, 1.165) is 5.56 Å². The Hall–Kier alpha value is -1.59. The first-order valence-electron chi connectivity index (χ1n) is 5.10. The van der Waals surface area contributed by atoms with E-state index in [1.165, 1.54) is 11.3 Å². The average Bonchev–Trinajstić information content (AvgIpc) is 2.76. The lowest BCUT2D eigenvalue weighted by atomic mass is 10.1. The maximum absolute atomic E-state index is 10.6. The highest BCUT2D eigenvalue weighted by Crippen LogP contribution is 2.31. The standard InChI is InChI=1S/C12H10ClNO3S/c1-17-7-2-3-8(9(13)4-7)10-6-18-11(14-10)5-12(15)16/h2-4,6H,5H2,1H3,(H,15,16). The summed E-state index contributed by atoms with van der Waals surface area (Å²) in [6.45, 7) is 0.